The first-order chi connectivity index (χ1) is 8.16. The van der Waals surface area contributed by atoms with Gasteiger partial charge in [-0.2, -0.15) is 0 Å². The predicted molar refractivity (Wildman–Crippen MR) is 68.6 cm³/mol. The van der Waals surface area contributed by atoms with Gasteiger partial charge in [-0.1, -0.05) is 23.4 Å². The van der Waals surface area contributed by atoms with Gasteiger partial charge in [0, 0.05) is 18.0 Å². The molecule has 2 N–H and O–H groups in total. The average Bonchev–Trinajstić information content (AvgIpc) is 2.31. The minimum atomic E-state index is 0.478. The maximum absolute atomic E-state index is 6.04. The second-order valence-electron chi connectivity index (χ2n) is 3.47. The second kappa shape index (κ2) is 4.86. The van der Waals surface area contributed by atoms with Crippen LogP contribution in [-0.2, 0) is 0 Å². The third-order valence-electron chi connectivity index (χ3n) is 2.21. The lowest BCUT2D eigenvalue weighted by Gasteiger charge is -1.98. The lowest BCUT2D eigenvalue weighted by molar-refractivity contribution is 1.19. The van der Waals surface area contributed by atoms with Crippen LogP contribution in [-0.4, -0.2) is 9.97 Å². The van der Waals surface area contributed by atoms with Gasteiger partial charge in [-0.05, 0) is 25.1 Å². The monoisotopic (exact) mass is 243 g/mol. The lowest BCUT2D eigenvalue weighted by atomic mass is 10.2. The third kappa shape index (κ3) is 2.74. The average molecular weight is 244 g/mol. The molecule has 0 aliphatic carbocycles. The van der Waals surface area contributed by atoms with E-state index in [2.05, 4.69) is 21.8 Å². The number of aryl methyl sites for hydroxylation is 1. The molecule has 0 aliphatic rings. The summed E-state index contributed by atoms with van der Waals surface area (Å²) in [5.41, 5.74) is 7.84. The van der Waals surface area contributed by atoms with Gasteiger partial charge in [0.05, 0.1) is 16.3 Å². The van der Waals surface area contributed by atoms with Gasteiger partial charge in [-0.15, -0.1) is 0 Å². The van der Waals surface area contributed by atoms with Crippen molar-refractivity contribution >= 4 is 17.4 Å². The molecule has 3 nitrogen and oxygen atoms in total. The zero-order valence-corrected chi connectivity index (χ0v) is 9.99. The van der Waals surface area contributed by atoms with Crippen molar-refractivity contribution in [1.29, 1.82) is 0 Å². The summed E-state index contributed by atoms with van der Waals surface area (Å²) in [6, 6.07) is 5.25. The Hall–Kier alpha value is -2.05. The van der Waals surface area contributed by atoms with Crippen molar-refractivity contribution in [3.8, 4) is 11.8 Å². The third-order valence-corrected chi connectivity index (χ3v) is 2.52. The topological polar surface area (TPSA) is 51.8 Å². The molecule has 4 heteroatoms. The fourth-order valence-electron chi connectivity index (χ4n) is 1.30. The van der Waals surface area contributed by atoms with E-state index in [1.807, 2.05) is 13.0 Å². The largest absolute Gasteiger partial charge is 0.384 e. The number of nitrogens with two attached hydrogens (primary N) is 1. The van der Waals surface area contributed by atoms with Crippen LogP contribution in [0.4, 0.5) is 5.82 Å². The first kappa shape index (κ1) is 11.4. The molecule has 0 saturated heterocycles. The van der Waals surface area contributed by atoms with Crippen LogP contribution >= 0.6 is 11.6 Å². The first-order valence-electron chi connectivity index (χ1n) is 5.01. The van der Waals surface area contributed by atoms with Gasteiger partial charge in [-0.3, -0.25) is 4.98 Å². The molecule has 0 spiro atoms. The highest BCUT2D eigenvalue weighted by Gasteiger charge is 2.00. The number of halogens is 1. The molecule has 0 radical (unpaired) electrons. The summed E-state index contributed by atoms with van der Waals surface area (Å²) in [4.78, 5) is 8.11. The van der Waals surface area contributed by atoms with Crippen molar-refractivity contribution in [3.63, 3.8) is 0 Å². The van der Waals surface area contributed by atoms with Crippen molar-refractivity contribution < 1.29 is 0 Å². The van der Waals surface area contributed by atoms with Gasteiger partial charge in [-0.25, -0.2) is 4.98 Å². The fourth-order valence-corrected chi connectivity index (χ4v) is 1.54. The molecule has 0 aromatic carbocycles. The van der Waals surface area contributed by atoms with E-state index in [-0.39, 0.29) is 0 Å². The zero-order valence-electron chi connectivity index (χ0n) is 9.24. The molecule has 2 rings (SSSR count). The molecule has 0 unspecified atom stereocenters. The van der Waals surface area contributed by atoms with Gasteiger partial charge < -0.3 is 5.73 Å². The summed E-state index contributed by atoms with van der Waals surface area (Å²) in [5.74, 6) is 6.45. The van der Waals surface area contributed by atoms with Crippen molar-refractivity contribution in [2.45, 2.75) is 6.92 Å². The summed E-state index contributed by atoms with van der Waals surface area (Å²) in [5, 5.41) is 0.605. The van der Waals surface area contributed by atoms with E-state index in [0.717, 1.165) is 16.8 Å². The highest BCUT2D eigenvalue weighted by atomic mass is 35.5. The fraction of sp³-hybridized carbons (Fsp3) is 0.0769. The standard InChI is InChI=1S/C13H10ClN3/c1-9-11(12(14)6-7-16-9)4-2-10-3-5-13(15)17-8-10/h3,5-8H,1H3,(H2,15,17). The van der Waals surface area contributed by atoms with Gasteiger partial charge in [0.15, 0.2) is 0 Å². The second-order valence-corrected chi connectivity index (χ2v) is 3.88. The molecule has 2 aromatic heterocycles. The summed E-state index contributed by atoms with van der Waals surface area (Å²) in [6.45, 7) is 1.87. The van der Waals surface area contributed by atoms with Gasteiger partial charge in [0.2, 0.25) is 0 Å². The predicted octanol–water partition coefficient (Wildman–Crippen LogP) is 2.42. The molecule has 0 bridgehead atoms. The highest BCUT2D eigenvalue weighted by Crippen LogP contribution is 2.16. The summed E-state index contributed by atoms with van der Waals surface area (Å²) >= 11 is 6.04. The van der Waals surface area contributed by atoms with Crippen molar-refractivity contribution in [1.82, 2.24) is 9.97 Å². The normalized spacial score (nSPS) is 9.53. The van der Waals surface area contributed by atoms with Gasteiger partial charge in [0.25, 0.3) is 0 Å². The Morgan fingerprint density at radius 2 is 2.00 bits per heavy atom. The van der Waals surface area contributed by atoms with Crippen molar-refractivity contribution in [3.05, 3.63) is 52.4 Å². The zero-order chi connectivity index (χ0) is 12.3. The number of hydrogen-bond acceptors (Lipinski definition) is 3. The maximum Gasteiger partial charge on any atom is 0.123 e. The molecule has 2 heterocycles. The number of hydrogen-bond donors (Lipinski definition) is 1. The first-order valence-corrected chi connectivity index (χ1v) is 5.39. The molecular formula is C13H10ClN3. The summed E-state index contributed by atoms with van der Waals surface area (Å²) < 4.78 is 0. The number of nitrogen functional groups attached to an aromatic ring is 1. The molecule has 0 amide bonds. The van der Waals surface area contributed by atoms with Crippen LogP contribution in [0.2, 0.25) is 5.02 Å². The molecule has 0 saturated carbocycles. The van der Waals surface area contributed by atoms with Crippen LogP contribution in [0.5, 0.6) is 0 Å². The van der Waals surface area contributed by atoms with Crippen LogP contribution in [0, 0.1) is 18.8 Å². The Morgan fingerprint density at radius 1 is 1.18 bits per heavy atom. The Balaban J connectivity index is 2.36. The van der Waals surface area contributed by atoms with Crippen LogP contribution in [0.3, 0.4) is 0 Å². The molecule has 0 aliphatic heterocycles. The molecule has 2 aromatic rings. The number of aromatic nitrogens is 2. The van der Waals surface area contributed by atoms with E-state index in [0.29, 0.717) is 10.8 Å². The molecule has 84 valence electrons. The number of nitrogens with zero attached hydrogens (tertiary/aromatic N) is 2. The van der Waals surface area contributed by atoms with E-state index in [4.69, 9.17) is 17.3 Å². The van der Waals surface area contributed by atoms with E-state index in [9.17, 15) is 0 Å². The molecular weight excluding hydrogens is 234 g/mol. The Labute approximate surface area is 105 Å². The minimum absolute atomic E-state index is 0.478. The quantitative estimate of drug-likeness (QED) is 0.723. The summed E-state index contributed by atoms with van der Waals surface area (Å²) in [7, 11) is 0. The van der Waals surface area contributed by atoms with E-state index in [1.54, 1.807) is 24.5 Å². The van der Waals surface area contributed by atoms with E-state index >= 15 is 0 Å². The van der Waals surface area contributed by atoms with Crippen LogP contribution in [0.25, 0.3) is 0 Å². The van der Waals surface area contributed by atoms with Gasteiger partial charge in [0.1, 0.15) is 5.82 Å². The highest BCUT2D eigenvalue weighted by molar-refractivity contribution is 6.31. The molecule has 0 fully saturated rings. The van der Waals surface area contributed by atoms with Crippen molar-refractivity contribution in [2.24, 2.45) is 0 Å². The van der Waals surface area contributed by atoms with Crippen LogP contribution in [0.1, 0.15) is 16.8 Å². The minimum Gasteiger partial charge on any atom is -0.384 e. The van der Waals surface area contributed by atoms with E-state index < -0.39 is 0 Å². The van der Waals surface area contributed by atoms with Crippen LogP contribution < -0.4 is 5.73 Å². The summed E-state index contributed by atoms with van der Waals surface area (Å²) in [6.07, 6.45) is 3.29. The number of rotatable bonds is 0. The van der Waals surface area contributed by atoms with E-state index in [1.165, 1.54) is 0 Å². The number of anilines is 1. The molecule has 17 heavy (non-hydrogen) atoms. The maximum atomic E-state index is 6.04. The Bertz CT molecular complexity index is 574. The number of pyridine rings is 2. The van der Waals surface area contributed by atoms with Crippen molar-refractivity contribution in [2.75, 3.05) is 5.73 Å². The SMILES string of the molecule is Cc1nccc(Cl)c1C#Cc1ccc(N)nc1. The Kier molecular flexibility index (Phi) is 3.27. The van der Waals surface area contributed by atoms with Crippen LogP contribution in [0.15, 0.2) is 30.6 Å². The lowest BCUT2D eigenvalue weighted by Crippen LogP contribution is -1.90. The Morgan fingerprint density at radius 3 is 2.65 bits per heavy atom. The molecule has 0 atom stereocenters. The van der Waals surface area contributed by atoms with Gasteiger partial charge >= 0.3 is 0 Å². The smallest absolute Gasteiger partial charge is 0.123 e.